The number of carbonyl (C=O) groups is 1. The summed E-state index contributed by atoms with van der Waals surface area (Å²) in [6, 6.07) is 23.4. The van der Waals surface area contributed by atoms with Crippen molar-refractivity contribution in [2.45, 2.75) is 25.7 Å². The summed E-state index contributed by atoms with van der Waals surface area (Å²) in [5.74, 6) is -0.216. The minimum absolute atomic E-state index is 0.0285. The van der Waals surface area contributed by atoms with Gasteiger partial charge in [-0.25, -0.2) is 0 Å². The molecule has 0 saturated heterocycles. The standard InChI is InChI=1S/C24H22O2/c1-24(2)21-11-7-6-10-19(21)20-13-12-17(14-22(20)24)18-9-5-4-8-16(18)15-23(25)26-3/h4-14H,15H2,1-3H3. The number of hydrogen-bond donors (Lipinski definition) is 0. The van der Waals surface area contributed by atoms with Gasteiger partial charge in [-0.05, 0) is 45.0 Å². The fourth-order valence-corrected chi connectivity index (χ4v) is 4.06. The Balaban J connectivity index is 1.84. The second kappa shape index (κ2) is 6.14. The van der Waals surface area contributed by atoms with Gasteiger partial charge in [-0.2, -0.15) is 0 Å². The minimum Gasteiger partial charge on any atom is -0.469 e. The Hall–Kier alpha value is -2.87. The van der Waals surface area contributed by atoms with Gasteiger partial charge in [0.15, 0.2) is 0 Å². The van der Waals surface area contributed by atoms with E-state index < -0.39 is 0 Å². The van der Waals surface area contributed by atoms with E-state index in [4.69, 9.17) is 4.74 Å². The predicted molar refractivity (Wildman–Crippen MR) is 105 cm³/mol. The van der Waals surface area contributed by atoms with Gasteiger partial charge in [0.05, 0.1) is 13.5 Å². The lowest BCUT2D eigenvalue weighted by atomic mass is 9.81. The fourth-order valence-electron chi connectivity index (χ4n) is 4.06. The number of benzene rings is 3. The smallest absolute Gasteiger partial charge is 0.309 e. The van der Waals surface area contributed by atoms with Crippen LogP contribution in [0.25, 0.3) is 22.3 Å². The van der Waals surface area contributed by atoms with Gasteiger partial charge in [0, 0.05) is 5.41 Å². The molecule has 26 heavy (non-hydrogen) atoms. The molecule has 0 atom stereocenters. The molecule has 0 N–H and O–H groups in total. The van der Waals surface area contributed by atoms with Gasteiger partial charge in [-0.3, -0.25) is 4.79 Å². The third kappa shape index (κ3) is 2.53. The largest absolute Gasteiger partial charge is 0.469 e. The summed E-state index contributed by atoms with van der Waals surface area (Å²) in [7, 11) is 1.43. The Bertz CT molecular complexity index is 999. The van der Waals surface area contributed by atoms with Crippen LogP contribution in [0.3, 0.4) is 0 Å². The molecule has 2 nitrogen and oxygen atoms in total. The van der Waals surface area contributed by atoms with E-state index in [-0.39, 0.29) is 17.8 Å². The van der Waals surface area contributed by atoms with E-state index in [2.05, 4.69) is 62.4 Å². The summed E-state index contributed by atoms with van der Waals surface area (Å²) in [6.45, 7) is 4.56. The summed E-state index contributed by atoms with van der Waals surface area (Å²) in [4.78, 5) is 11.8. The van der Waals surface area contributed by atoms with E-state index in [9.17, 15) is 4.79 Å². The normalized spacial score (nSPS) is 13.8. The van der Waals surface area contributed by atoms with Gasteiger partial charge >= 0.3 is 5.97 Å². The van der Waals surface area contributed by atoms with Gasteiger partial charge in [0.25, 0.3) is 0 Å². The fraction of sp³-hybridized carbons (Fsp3) is 0.208. The van der Waals surface area contributed by atoms with Crippen molar-refractivity contribution in [1.82, 2.24) is 0 Å². The van der Waals surface area contributed by atoms with Gasteiger partial charge < -0.3 is 4.74 Å². The zero-order valence-electron chi connectivity index (χ0n) is 15.4. The van der Waals surface area contributed by atoms with Crippen molar-refractivity contribution < 1.29 is 9.53 Å². The molecule has 0 heterocycles. The maximum Gasteiger partial charge on any atom is 0.309 e. The zero-order valence-corrected chi connectivity index (χ0v) is 15.4. The molecule has 0 amide bonds. The molecule has 0 bridgehead atoms. The van der Waals surface area contributed by atoms with Crippen LogP contribution in [0.2, 0.25) is 0 Å². The number of fused-ring (bicyclic) bond motifs is 3. The second-order valence-corrected chi connectivity index (χ2v) is 7.34. The molecular formula is C24H22O2. The number of carbonyl (C=O) groups excluding carboxylic acids is 1. The predicted octanol–water partition coefficient (Wildman–Crippen LogP) is 5.38. The maximum atomic E-state index is 11.8. The second-order valence-electron chi connectivity index (χ2n) is 7.34. The molecule has 0 unspecified atom stereocenters. The quantitative estimate of drug-likeness (QED) is 0.598. The van der Waals surface area contributed by atoms with Crippen LogP contribution in [0.5, 0.6) is 0 Å². The Morgan fingerprint density at radius 3 is 2.27 bits per heavy atom. The van der Waals surface area contributed by atoms with Gasteiger partial charge in [-0.15, -0.1) is 0 Å². The first-order valence-electron chi connectivity index (χ1n) is 8.92. The topological polar surface area (TPSA) is 26.3 Å². The van der Waals surface area contributed by atoms with Crippen LogP contribution in [0.15, 0.2) is 66.7 Å². The van der Waals surface area contributed by atoms with E-state index >= 15 is 0 Å². The van der Waals surface area contributed by atoms with E-state index in [1.807, 2.05) is 18.2 Å². The van der Waals surface area contributed by atoms with E-state index in [1.54, 1.807) is 0 Å². The van der Waals surface area contributed by atoms with Crippen molar-refractivity contribution in [3.8, 4) is 22.3 Å². The highest BCUT2D eigenvalue weighted by molar-refractivity contribution is 5.85. The van der Waals surface area contributed by atoms with Crippen molar-refractivity contribution in [3.05, 3.63) is 83.4 Å². The Morgan fingerprint density at radius 1 is 0.846 bits per heavy atom. The van der Waals surface area contributed by atoms with E-state index in [1.165, 1.54) is 29.4 Å². The number of methoxy groups -OCH3 is 1. The van der Waals surface area contributed by atoms with Crippen LogP contribution in [-0.2, 0) is 21.4 Å². The average Bonchev–Trinajstić information content (AvgIpc) is 2.90. The third-order valence-corrected chi connectivity index (χ3v) is 5.47. The van der Waals surface area contributed by atoms with Gasteiger partial charge in [0.2, 0.25) is 0 Å². The van der Waals surface area contributed by atoms with Crippen LogP contribution in [0.4, 0.5) is 0 Å². The SMILES string of the molecule is COC(=O)Cc1ccccc1-c1ccc2c(c1)C(C)(C)c1ccccc1-2. The third-order valence-electron chi connectivity index (χ3n) is 5.47. The molecule has 0 saturated carbocycles. The molecule has 0 aromatic heterocycles. The van der Waals surface area contributed by atoms with Crippen molar-refractivity contribution in [2.24, 2.45) is 0 Å². The summed E-state index contributed by atoms with van der Waals surface area (Å²) >= 11 is 0. The first-order chi connectivity index (χ1) is 12.5. The Labute approximate surface area is 154 Å². The number of ether oxygens (including phenoxy) is 1. The summed E-state index contributed by atoms with van der Waals surface area (Å²) in [6.07, 6.45) is 0.285. The highest BCUT2D eigenvalue weighted by Gasteiger charge is 2.35. The van der Waals surface area contributed by atoms with Crippen molar-refractivity contribution in [3.63, 3.8) is 0 Å². The van der Waals surface area contributed by atoms with Crippen molar-refractivity contribution in [1.29, 1.82) is 0 Å². The molecule has 3 aromatic rings. The van der Waals surface area contributed by atoms with E-state index in [0.29, 0.717) is 0 Å². The Kier molecular flexibility index (Phi) is 3.91. The summed E-state index contributed by atoms with van der Waals surface area (Å²) < 4.78 is 4.86. The maximum absolute atomic E-state index is 11.8. The van der Waals surface area contributed by atoms with Crippen molar-refractivity contribution in [2.75, 3.05) is 7.11 Å². The van der Waals surface area contributed by atoms with Gasteiger partial charge in [-0.1, -0.05) is 74.5 Å². The molecular weight excluding hydrogens is 320 g/mol. The molecule has 0 aliphatic heterocycles. The first-order valence-corrected chi connectivity index (χ1v) is 8.92. The molecule has 0 fully saturated rings. The lowest BCUT2D eigenvalue weighted by Crippen LogP contribution is -2.15. The zero-order chi connectivity index (χ0) is 18.3. The van der Waals surface area contributed by atoms with Crippen molar-refractivity contribution >= 4 is 5.97 Å². The lowest BCUT2D eigenvalue weighted by Gasteiger charge is -2.22. The monoisotopic (exact) mass is 342 g/mol. The molecule has 4 rings (SSSR count). The van der Waals surface area contributed by atoms with Crippen LogP contribution >= 0.6 is 0 Å². The molecule has 130 valence electrons. The van der Waals surface area contributed by atoms with Crippen LogP contribution in [0, 0.1) is 0 Å². The molecule has 2 heteroatoms. The Morgan fingerprint density at radius 2 is 1.50 bits per heavy atom. The molecule has 0 spiro atoms. The highest BCUT2D eigenvalue weighted by atomic mass is 16.5. The van der Waals surface area contributed by atoms with Crippen LogP contribution in [-0.4, -0.2) is 13.1 Å². The summed E-state index contributed by atoms with van der Waals surface area (Å²) in [5.41, 5.74) is 8.53. The number of rotatable bonds is 3. The number of hydrogen-bond acceptors (Lipinski definition) is 2. The van der Waals surface area contributed by atoms with Crippen LogP contribution in [0.1, 0.15) is 30.5 Å². The van der Waals surface area contributed by atoms with Gasteiger partial charge in [0.1, 0.15) is 0 Å². The first kappa shape index (κ1) is 16.6. The average molecular weight is 342 g/mol. The molecule has 1 aliphatic carbocycles. The molecule has 0 radical (unpaired) electrons. The lowest BCUT2D eigenvalue weighted by molar-refractivity contribution is -0.139. The summed E-state index contributed by atoms with van der Waals surface area (Å²) in [5, 5.41) is 0. The highest BCUT2D eigenvalue weighted by Crippen LogP contribution is 2.49. The van der Waals surface area contributed by atoms with E-state index in [0.717, 1.165) is 16.7 Å². The molecule has 3 aromatic carbocycles. The van der Waals surface area contributed by atoms with Crippen LogP contribution < -0.4 is 0 Å². The number of esters is 1. The molecule has 1 aliphatic rings. The minimum atomic E-state index is -0.216.